The van der Waals surface area contributed by atoms with Crippen molar-refractivity contribution in [2.45, 2.75) is 32.1 Å². The van der Waals surface area contributed by atoms with Crippen molar-refractivity contribution in [3.8, 4) is 0 Å². The maximum Gasteiger partial charge on any atom is 0.259 e. The molecule has 0 spiro atoms. The van der Waals surface area contributed by atoms with Gasteiger partial charge in [-0.05, 0) is 49.8 Å². The van der Waals surface area contributed by atoms with Gasteiger partial charge < -0.3 is 0 Å². The Morgan fingerprint density at radius 3 is 2.39 bits per heavy atom. The number of aryl methyl sites for hydroxylation is 1. The first-order chi connectivity index (χ1) is 13.5. The third kappa shape index (κ3) is 3.62. The van der Waals surface area contributed by atoms with Gasteiger partial charge in [0.2, 0.25) is 0 Å². The summed E-state index contributed by atoms with van der Waals surface area (Å²) in [6, 6.07) is 17.4. The van der Waals surface area contributed by atoms with E-state index in [1.54, 1.807) is 47.5 Å². The van der Waals surface area contributed by atoms with E-state index in [1.807, 2.05) is 6.07 Å². The van der Waals surface area contributed by atoms with Gasteiger partial charge in [-0.1, -0.05) is 42.5 Å². The number of carbonyl (C=O) groups is 2. The van der Waals surface area contributed by atoms with Gasteiger partial charge in [0.25, 0.3) is 5.91 Å². The number of ketones is 1. The zero-order chi connectivity index (χ0) is 19.7. The molecule has 0 N–H and O–H groups in total. The second kappa shape index (κ2) is 7.68. The molecule has 1 aromatic heterocycles. The molecule has 0 fully saturated rings. The van der Waals surface area contributed by atoms with Gasteiger partial charge in [0, 0.05) is 23.1 Å². The molecular weight excluding hydrogens is 368 g/mol. The van der Waals surface area contributed by atoms with Crippen molar-refractivity contribution in [1.29, 1.82) is 0 Å². The van der Waals surface area contributed by atoms with Gasteiger partial charge in [-0.2, -0.15) is 0 Å². The summed E-state index contributed by atoms with van der Waals surface area (Å²) in [5.74, 6) is 0.399. The Hall–Kier alpha value is -2.79. The number of rotatable bonds is 4. The van der Waals surface area contributed by atoms with Gasteiger partial charge in [-0.15, -0.1) is 11.3 Å². The van der Waals surface area contributed by atoms with Crippen LogP contribution in [0.5, 0.6) is 0 Å². The highest BCUT2D eigenvalue weighted by molar-refractivity contribution is 7.16. The highest BCUT2D eigenvalue weighted by atomic mass is 32.1. The average molecular weight is 391 g/mol. The number of nitrogens with zero attached hydrogens (tertiary/aromatic N) is 2. The van der Waals surface area contributed by atoms with E-state index >= 15 is 0 Å². The molecule has 4 nitrogen and oxygen atoms in total. The number of benzene rings is 2. The molecule has 28 heavy (non-hydrogen) atoms. The molecule has 2 aromatic carbocycles. The monoisotopic (exact) mass is 390 g/mol. The van der Waals surface area contributed by atoms with Crippen molar-refractivity contribution < 1.29 is 9.59 Å². The van der Waals surface area contributed by atoms with Crippen molar-refractivity contribution in [1.82, 2.24) is 4.98 Å². The van der Waals surface area contributed by atoms with Crippen LogP contribution >= 0.6 is 11.3 Å². The zero-order valence-corrected chi connectivity index (χ0v) is 16.8. The number of carbonyl (C=O) groups excluding carboxylic acids is 2. The molecule has 1 amide bonds. The van der Waals surface area contributed by atoms with E-state index in [4.69, 9.17) is 4.98 Å². The maximum absolute atomic E-state index is 12.8. The third-order valence-electron chi connectivity index (χ3n) is 5.33. The van der Waals surface area contributed by atoms with E-state index in [2.05, 4.69) is 24.3 Å². The Balaban J connectivity index is 1.52. The van der Waals surface area contributed by atoms with Crippen LogP contribution in [-0.2, 0) is 12.8 Å². The predicted molar refractivity (Wildman–Crippen MR) is 113 cm³/mol. The number of fused-ring (bicyclic) bond motifs is 1. The normalized spacial score (nSPS) is 15.7. The van der Waals surface area contributed by atoms with Gasteiger partial charge in [-0.25, -0.2) is 4.98 Å². The largest absolute Gasteiger partial charge is 0.295 e. The van der Waals surface area contributed by atoms with Crippen molar-refractivity contribution in [2.24, 2.45) is 0 Å². The van der Waals surface area contributed by atoms with E-state index in [0.717, 1.165) is 30.1 Å². The van der Waals surface area contributed by atoms with Crippen LogP contribution in [0.1, 0.15) is 56.1 Å². The minimum absolute atomic E-state index is 0.00655. The lowest BCUT2D eigenvalue weighted by atomic mass is 9.85. The fraction of sp³-hybridized carbons (Fsp3) is 0.261. The summed E-state index contributed by atoms with van der Waals surface area (Å²) in [7, 11) is 1.76. The van der Waals surface area contributed by atoms with Crippen LogP contribution in [-0.4, -0.2) is 23.7 Å². The molecule has 3 aromatic rings. The number of amides is 1. The second-order valence-corrected chi connectivity index (χ2v) is 8.28. The highest BCUT2D eigenvalue weighted by Crippen LogP contribution is 2.38. The molecule has 1 aliphatic rings. The molecule has 0 radical (unpaired) electrons. The van der Waals surface area contributed by atoms with Crippen molar-refractivity contribution >= 4 is 28.2 Å². The van der Waals surface area contributed by atoms with Crippen molar-refractivity contribution in [2.75, 3.05) is 11.9 Å². The Kier molecular flexibility index (Phi) is 5.09. The lowest BCUT2D eigenvalue weighted by molar-refractivity contribution is 0.0987. The maximum atomic E-state index is 12.8. The topological polar surface area (TPSA) is 50.3 Å². The molecule has 0 saturated carbocycles. The fourth-order valence-corrected chi connectivity index (χ4v) is 4.79. The predicted octanol–water partition coefficient (Wildman–Crippen LogP) is 4.89. The van der Waals surface area contributed by atoms with Crippen LogP contribution < -0.4 is 4.90 Å². The van der Waals surface area contributed by atoms with Gasteiger partial charge in [0.1, 0.15) is 0 Å². The van der Waals surface area contributed by atoms with E-state index in [1.165, 1.54) is 17.4 Å². The molecule has 1 heterocycles. The van der Waals surface area contributed by atoms with Crippen LogP contribution in [0, 0.1) is 0 Å². The first-order valence-corrected chi connectivity index (χ1v) is 10.3. The summed E-state index contributed by atoms with van der Waals surface area (Å²) in [5, 5.41) is 0.736. The molecule has 1 atom stereocenters. The zero-order valence-electron chi connectivity index (χ0n) is 16.0. The summed E-state index contributed by atoms with van der Waals surface area (Å²) in [6.07, 6.45) is 3.01. The van der Waals surface area contributed by atoms with Crippen LogP contribution in [0.2, 0.25) is 0 Å². The van der Waals surface area contributed by atoms with Gasteiger partial charge >= 0.3 is 0 Å². The number of hydrogen-bond donors (Lipinski definition) is 0. The minimum atomic E-state index is -0.110. The average Bonchev–Trinajstić information content (AvgIpc) is 3.16. The quantitative estimate of drug-likeness (QED) is 0.596. The Labute approximate surface area is 168 Å². The number of aromatic nitrogens is 1. The summed E-state index contributed by atoms with van der Waals surface area (Å²) < 4.78 is 0. The lowest BCUT2D eigenvalue weighted by Gasteiger charge is -2.21. The fourth-order valence-electron chi connectivity index (χ4n) is 3.64. The van der Waals surface area contributed by atoms with E-state index in [-0.39, 0.29) is 11.7 Å². The van der Waals surface area contributed by atoms with Gasteiger partial charge in [0.15, 0.2) is 10.9 Å². The van der Waals surface area contributed by atoms with Crippen molar-refractivity contribution in [3.05, 3.63) is 81.9 Å². The molecule has 142 valence electrons. The van der Waals surface area contributed by atoms with Crippen LogP contribution in [0.3, 0.4) is 0 Å². The Morgan fingerprint density at radius 1 is 1.04 bits per heavy atom. The van der Waals surface area contributed by atoms with Crippen molar-refractivity contribution in [3.63, 3.8) is 0 Å². The van der Waals surface area contributed by atoms with Crippen LogP contribution in [0.4, 0.5) is 5.13 Å². The summed E-state index contributed by atoms with van der Waals surface area (Å²) in [6.45, 7) is 1.52. The van der Waals surface area contributed by atoms with E-state index < -0.39 is 0 Å². The first-order valence-electron chi connectivity index (χ1n) is 9.45. The molecule has 1 aliphatic carbocycles. The minimum Gasteiger partial charge on any atom is -0.295 e. The summed E-state index contributed by atoms with van der Waals surface area (Å²) in [5.41, 5.74) is 3.66. The molecule has 4 rings (SSSR count). The number of hydrogen-bond acceptors (Lipinski definition) is 4. The molecule has 0 bridgehead atoms. The Bertz CT molecular complexity index is 1010. The third-order valence-corrected chi connectivity index (χ3v) is 6.53. The van der Waals surface area contributed by atoms with Crippen LogP contribution in [0.25, 0.3) is 0 Å². The van der Waals surface area contributed by atoms with Gasteiger partial charge in [0.05, 0.1) is 5.69 Å². The van der Waals surface area contributed by atoms with Gasteiger partial charge in [-0.3, -0.25) is 14.5 Å². The molecule has 5 heteroatoms. The first kappa shape index (κ1) is 18.6. The van der Waals surface area contributed by atoms with E-state index in [0.29, 0.717) is 17.0 Å². The lowest BCUT2D eigenvalue weighted by Crippen LogP contribution is -2.26. The highest BCUT2D eigenvalue weighted by Gasteiger charge is 2.26. The number of Topliss-reactive ketones (excluding diaryl/α,β-unsaturated/α-hetero) is 1. The standard InChI is InChI=1S/C23H22N2O2S/c1-15(26)16-8-10-18(11-9-16)22(27)25(2)23-24-20-13-12-19(14-21(20)28-23)17-6-4-3-5-7-17/h3-11,19H,12-14H2,1-2H3/t19-/m0/s1. The van der Waals surface area contributed by atoms with E-state index in [9.17, 15) is 9.59 Å². The Morgan fingerprint density at radius 2 is 1.71 bits per heavy atom. The SMILES string of the molecule is CC(=O)c1ccc(C(=O)N(C)c2nc3c(s2)C[C@@H](c2ccccc2)CC3)cc1. The molecule has 0 unspecified atom stereocenters. The second-order valence-electron chi connectivity index (χ2n) is 7.21. The molecule has 0 aliphatic heterocycles. The molecule has 0 saturated heterocycles. The summed E-state index contributed by atoms with van der Waals surface area (Å²) in [4.78, 5) is 31.9. The number of thiazole rings is 1. The van der Waals surface area contributed by atoms with Crippen LogP contribution in [0.15, 0.2) is 54.6 Å². The smallest absolute Gasteiger partial charge is 0.259 e. The number of anilines is 1. The summed E-state index contributed by atoms with van der Waals surface area (Å²) >= 11 is 1.61. The molecular formula is C23H22N2O2S.